The molecule has 1 aromatic carbocycles. The highest BCUT2D eigenvalue weighted by Crippen LogP contribution is 2.25. The lowest BCUT2D eigenvalue weighted by Gasteiger charge is -2.15. The van der Waals surface area contributed by atoms with E-state index in [0.717, 1.165) is 11.3 Å². The van der Waals surface area contributed by atoms with Crippen molar-refractivity contribution >= 4 is 0 Å². The van der Waals surface area contributed by atoms with Gasteiger partial charge in [0, 0.05) is 12.6 Å². The molecule has 3 N–H and O–H groups in total. The van der Waals surface area contributed by atoms with Crippen molar-refractivity contribution in [3.8, 4) is 5.75 Å². The van der Waals surface area contributed by atoms with Crippen molar-refractivity contribution in [2.24, 2.45) is 5.73 Å². The van der Waals surface area contributed by atoms with Crippen molar-refractivity contribution in [2.45, 2.75) is 44.2 Å². The lowest BCUT2D eigenvalue weighted by Crippen LogP contribution is -2.13. The van der Waals surface area contributed by atoms with Gasteiger partial charge >= 0.3 is 0 Å². The Morgan fingerprint density at radius 2 is 1.88 bits per heavy atom. The van der Waals surface area contributed by atoms with Gasteiger partial charge in [0.1, 0.15) is 5.75 Å². The number of hydrogen-bond donors (Lipinski definition) is 2. The average molecular weight is 235 g/mol. The molecule has 0 aliphatic heterocycles. The quantitative estimate of drug-likeness (QED) is 0.824. The fraction of sp³-hybridized carbons (Fsp3) is 0.571. The second kappa shape index (κ2) is 6.03. The topological polar surface area (TPSA) is 55.5 Å². The van der Waals surface area contributed by atoms with Gasteiger partial charge in [0.05, 0.1) is 6.10 Å². The number of ether oxygens (including phenoxy) is 1. The molecule has 2 rings (SSSR count). The Hall–Kier alpha value is -1.06. The first-order valence-corrected chi connectivity index (χ1v) is 6.42. The number of benzene rings is 1. The molecule has 0 saturated heterocycles. The minimum absolute atomic E-state index is 0.0828. The zero-order valence-electron chi connectivity index (χ0n) is 10.1. The number of aliphatic hydroxyl groups is 1. The molecule has 0 spiro atoms. The molecule has 0 bridgehead atoms. The highest BCUT2D eigenvalue weighted by Gasteiger charge is 2.16. The fourth-order valence-electron chi connectivity index (χ4n) is 2.30. The molecule has 0 heterocycles. The number of hydrogen-bond acceptors (Lipinski definition) is 3. The van der Waals surface area contributed by atoms with Gasteiger partial charge in [-0.25, -0.2) is 0 Å². The Balaban J connectivity index is 1.92. The molecule has 94 valence electrons. The van der Waals surface area contributed by atoms with Crippen LogP contribution in [0.3, 0.4) is 0 Å². The first kappa shape index (κ1) is 12.4. The van der Waals surface area contributed by atoms with Crippen LogP contribution in [0.4, 0.5) is 0 Å². The summed E-state index contributed by atoms with van der Waals surface area (Å²) in [7, 11) is 0. The van der Waals surface area contributed by atoms with Crippen molar-refractivity contribution in [3.63, 3.8) is 0 Å². The Bertz CT molecular complexity index is 331. The van der Waals surface area contributed by atoms with Gasteiger partial charge in [0.25, 0.3) is 0 Å². The van der Waals surface area contributed by atoms with E-state index in [1.54, 1.807) is 0 Å². The van der Waals surface area contributed by atoms with Crippen LogP contribution < -0.4 is 10.5 Å². The third kappa shape index (κ3) is 3.45. The first-order chi connectivity index (χ1) is 8.29. The third-order valence-corrected chi connectivity index (χ3v) is 3.35. The SMILES string of the molecule is NC(CCO)c1ccc(OC2CCCC2)cc1. The van der Waals surface area contributed by atoms with Crippen LogP contribution in [-0.4, -0.2) is 17.8 Å². The molecule has 0 radical (unpaired) electrons. The minimum atomic E-state index is -0.0828. The number of rotatable bonds is 5. The summed E-state index contributed by atoms with van der Waals surface area (Å²) in [4.78, 5) is 0. The molecule has 1 aliphatic carbocycles. The second-order valence-electron chi connectivity index (χ2n) is 4.71. The van der Waals surface area contributed by atoms with Crippen LogP contribution >= 0.6 is 0 Å². The summed E-state index contributed by atoms with van der Waals surface area (Å²) in [5, 5.41) is 8.84. The maximum absolute atomic E-state index is 8.84. The van der Waals surface area contributed by atoms with E-state index in [0.29, 0.717) is 12.5 Å². The third-order valence-electron chi connectivity index (χ3n) is 3.35. The fourth-order valence-corrected chi connectivity index (χ4v) is 2.30. The Kier molecular flexibility index (Phi) is 4.40. The first-order valence-electron chi connectivity index (χ1n) is 6.42. The summed E-state index contributed by atoms with van der Waals surface area (Å²) in [6.07, 6.45) is 5.90. The predicted octanol–water partition coefficient (Wildman–Crippen LogP) is 2.39. The van der Waals surface area contributed by atoms with E-state index in [1.807, 2.05) is 24.3 Å². The monoisotopic (exact) mass is 235 g/mol. The molecule has 0 aromatic heterocycles. The molecule has 1 saturated carbocycles. The summed E-state index contributed by atoms with van der Waals surface area (Å²) in [6, 6.07) is 7.85. The minimum Gasteiger partial charge on any atom is -0.490 e. The normalized spacial score (nSPS) is 18.2. The highest BCUT2D eigenvalue weighted by molar-refractivity contribution is 5.29. The van der Waals surface area contributed by atoms with Crippen LogP contribution in [0.5, 0.6) is 5.75 Å². The summed E-state index contributed by atoms with van der Waals surface area (Å²) < 4.78 is 5.88. The molecule has 3 nitrogen and oxygen atoms in total. The molecule has 17 heavy (non-hydrogen) atoms. The molecule has 0 amide bonds. The van der Waals surface area contributed by atoms with Gasteiger partial charge in [-0.2, -0.15) is 0 Å². The molecule has 1 unspecified atom stereocenters. The van der Waals surface area contributed by atoms with Crippen LogP contribution in [0, 0.1) is 0 Å². The van der Waals surface area contributed by atoms with E-state index in [-0.39, 0.29) is 12.6 Å². The predicted molar refractivity (Wildman–Crippen MR) is 68.0 cm³/mol. The van der Waals surface area contributed by atoms with Crippen LogP contribution in [0.15, 0.2) is 24.3 Å². The molecular weight excluding hydrogens is 214 g/mol. The average Bonchev–Trinajstić information content (AvgIpc) is 2.83. The van der Waals surface area contributed by atoms with Crippen molar-refractivity contribution in [1.82, 2.24) is 0 Å². The van der Waals surface area contributed by atoms with Gasteiger partial charge in [-0.05, 0) is 49.8 Å². The van der Waals surface area contributed by atoms with Crippen LogP contribution in [0.25, 0.3) is 0 Å². The second-order valence-corrected chi connectivity index (χ2v) is 4.71. The van der Waals surface area contributed by atoms with Gasteiger partial charge in [-0.3, -0.25) is 0 Å². The van der Waals surface area contributed by atoms with E-state index in [9.17, 15) is 0 Å². The number of nitrogens with two attached hydrogens (primary N) is 1. The lowest BCUT2D eigenvalue weighted by atomic mass is 10.1. The summed E-state index contributed by atoms with van der Waals surface area (Å²) >= 11 is 0. The van der Waals surface area contributed by atoms with E-state index >= 15 is 0 Å². The van der Waals surface area contributed by atoms with Crippen LogP contribution in [0.1, 0.15) is 43.7 Å². The van der Waals surface area contributed by atoms with E-state index in [1.165, 1.54) is 25.7 Å². The molecule has 1 atom stereocenters. The van der Waals surface area contributed by atoms with Crippen molar-refractivity contribution < 1.29 is 9.84 Å². The van der Waals surface area contributed by atoms with E-state index in [2.05, 4.69) is 0 Å². The smallest absolute Gasteiger partial charge is 0.119 e. The maximum Gasteiger partial charge on any atom is 0.119 e. The zero-order valence-corrected chi connectivity index (χ0v) is 10.1. The molecule has 1 aromatic rings. The Morgan fingerprint density at radius 3 is 2.47 bits per heavy atom. The van der Waals surface area contributed by atoms with Gasteiger partial charge in [-0.15, -0.1) is 0 Å². The van der Waals surface area contributed by atoms with Gasteiger partial charge in [0.2, 0.25) is 0 Å². The molecule has 1 aliphatic rings. The standard InChI is InChI=1S/C14H21NO2/c15-14(9-10-16)11-5-7-13(8-6-11)17-12-3-1-2-4-12/h5-8,12,14,16H,1-4,9-10,15H2. The molecular formula is C14H21NO2. The van der Waals surface area contributed by atoms with E-state index < -0.39 is 0 Å². The maximum atomic E-state index is 8.84. The summed E-state index contributed by atoms with van der Waals surface area (Å²) in [5.74, 6) is 0.928. The van der Waals surface area contributed by atoms with Crippen LogP contribution in [0.2, 0.25) is 0 Å². The Labute approximate surface area is 103 Å². The Morgan fingerprint density at radius 1 is 1.24 bits per heavy atom. The molecule has 1 fully saturated rings. The van der Waals surface area contributed by atoms with Crippen molar-refractivity contribution in [1.29, 1.82) is 0 Å². The summed E-state index contributed by atoms with van der Waals surface area (Å²) in [6.45, 7) is 0.126. The van der Waals surface area contributed by atoms with Crippen molar-refractivity contribution in [2.75, 3.05) is 6.61 Å². The highest BCUT2D eigenvalue weighted by atomic mass is 16.5. The zero-order chi connectivity index (χ0) is 12.1. The summed E-state index contributed by atoms with van der Waals surface area (Å²) in [5.41, 5.74) is 6.97. The van der Waals surface area contributed by atoms with Crippen LogP contribution in [-0.2, 0) is 0 Å². The van der Waals surface area contributed by atoms with Gasteiger partial charge in [0.15, 0.2) is 0 Å². The van der Waals surface area contributed by atoms with E-state index in [4.69, 9.17) is 15.6 Å². The van der Waals surface area contributed by atoms with Crippen molar-refractivity contribution in [3.05, 3.63) is 29.8 Å². The number of aliphatic hydroxyl groups excluding tert-OH is 1. The lowest BCUT2D eigenvalue weighted by molar-refractivity contribution is 0.210. The van der Waals surface area contributed by atoms with Gasteiger partial charge < -0.3 is 15.6 Å². The largest absolute Gasteiger partial charge is 0.490 e. The molecule has 3 heteroatoms. The van der Waals surface area contributed by atoms with Gasteiger partial charge in [-0.1, -0.05) is 12.1 Å².